The van der Waals surface area contributed by atoms with Crippen LogP contribution in [-0.4, -0.2) is 16.8 Å². The largest absolute Gasteiger partial charge is 0.341 e. The summed E-state index contributed by atoms with van der Waals surface area (Å²) >= 11 is 0. The van der Waals surface area contributed by atoms with Crippen LogP contribution in [0.25, 0.3) is 10.9 Å². The fourth-order valence-corrected chi connectivity index (χ4v) is 3.32. The lowest BCUT2D eigenvalue weighted by molar-refractivity contribution is -0.136. The van der Waals surface area contributed by atoms with Gasteiger partial charge in [-0.1, -0.05) is 42.5 Å². The molecule has 2 aromatic carbocycles. The van der Waals surface area contributed by atoms with E-state index >= 15 is 0 Å². The van der Waals surface area contributed by atoms with E-state index in [-0.39, 0.29) is 6.04 Å². The third-order valence-corrected chi connectivity index (χ3v) is 4.53. The number of fused-ring (bicyclic) bond motifs is 2. The molecule has 1 heterocycles. The van der Waals surface area contributed by atoms with Gasteiger partial charge in [-0.15, -0.1) is 0 Å². The van der Waals surface area contributed by atoms with E-state index in [4.69, 9.17) is 0 Å². The maximum atomic E-state index is 12.3. The topological polar surface area (TPSA) is 71.1 Å². The number of carbonyl (C=O) groups is 2. The molecule has 1 aliphatic carbocycles. The molecule has 3 aromatic rings. The Balaban J connectivity index is 1.49. The third-order valence-electron chi connectivity index (χ3n) is 4.53. The molecule has 0 fully saturated rings. The molecule has 0 bridgehead atoms. The number of nitrogens with one attached hydrogen (secondary N) is 2. The van der Waals surface area contributed by atoms with Crippen molar-refractivity contribution >= 4 is 28.4 Å². The van der Waals surface area contributed by atoms with Gasteiger partial charge in [-0.05, 0) is 36.1 Å². The van der Waals surface area contributed by atoms with Gasteiger partial charge in [-0.2, -0.15) is 0 Å². The number of aryl methyl sites for hydroxylation is 1. The molecule has 5 heteroatoms. The highest BCUT2D eigenvalue weighted by Crippen LogP contribution is 2.30. The second-order valence-corrected chi connectivity index (χ2v) is 6.10. The Morgan fingerprint density at radius 3 is 2.72 bits per heavy atom. The monoisotopic (exact) mass is 331 g/mol. The normalized spacial score (nSPS) is 15.6. The number of hydrogen-bond acceptors (Lipinski definition) is 3. The lowest BCUT2D eigenvalue weighted by Crippen LogP contribution is -2.37. The number of para-hydroxylation sites is 1. The standard InChI is InChI=1S/C20H17N3O2/c24-19(22-16-11-10-13-5-1-2-8-15(13)16)20(25)23-17-9-3-6-14-7-4-12-21-18(14)17/h1-9,12,16H,10-11H2,(H,22,24)(H,23,25). The maximum Gasteiger partial charge on any atom is 0.313 e. The van der Waals surface area contributed by atoms with Crippen LogP contribution in [0.5, 0.6) is 0 Å². The number of nitrogens with zero attached hydrogens (tertiary/aromatic N) is 1. The molecule has 0 saturated heterocycles. The fourth-order valence-electron chi connectivity index (χ4n) is 3.32. The highest BCUT2D eigenvalue weighted by Gasteiger charge is 2.26. The van der Waals surface area contributed by atoms with Crippen molar-refractivity contribution in [1.82, 2.24) is 10.3 Å². The zero-order valence-corrected chi connectivity index (χ0v) is 13.5. The van der Waals surface area contributed by atoms with Crippen molar-refractivity contribution in [3.63, 3.8) is 0 Å². The van der Waals surface area contributed by atoms with E-state index in [1.807, 2.05) is 42.5 Å². The smallest absolute Gasteiger partial charge is 0.313 e. The molecule has 0 saturated carbocycles. The molecule has 0 radical (unpaired) electrons. The summed E-state index contributed by atoms with van der Waals surface area (Å²) in [5.74, 6) is -1.31. The van der Waals surface area contributed by atoms with Gasteiger partial charge in [-0.3, -0.25) is 14.6 Å². The quantitative estimate of drug-likeness (QED) is 0.709. The van der Waals surface area contributed by atoms with Crippen LogP contribution < -0.4 is 10.6 Å². The zero-order valence-electron chi connectivity index (χ0n) is 13.5. The zero-order chi connectivity index (χ0) is 17.2. The highest BCUT2D eigenvalue weighted by molar-refractivity contribution is 6.40. The number of amides is 2. The van der Waals surface area contributed by atoms with Gasteiger partial charge >= 0.3 is 11.8 Å². The first-order valence-electron chi connectivity index (χ1n) is 8.26. The van der Waals surface area contributed by atoms with Crippen LogP contribution >= 0.6 is 0 Å². The first-order chi connectivity index (χ1) is 12.2. The molecule has 1 aromatic heterocycles. The van der Waals surface area contributed by atoms with Crippen molar-refractivity contribution in [2.75, 3.05) is 5.32 Å². The summed E-state index contributed by atoms with van der Waals surface area (Å²) < 4.78 is 0. The molecule has 1 aliphatic rings. The second-order valence-electron chi connectivity index (χ2n) is 6.10. The van der Waals surface area contributed by atoms with Gasteiger partial charge in [0.05, 0.1) is 17.2 Å². The Kier molecular flexibility index (Phi) is 3.90. The average Bonchev–Trinajstić information content (AvgIpc) is 3.05. The van der Waals surface area contributed by atoms with E-state index in [2.05, 4.69) is 21.7 Å². The summed E-state index contributed by atoms with van der Waals surface area (Å²) in [4.78, 5) is 28.9. The van der Waals surface area contributed by atoms with Gasteiger partial charge < -0.3 is 10.6 Å². The molecule has 5 nitrogen and oxygen atoms in total. The predicted octanol–water partition coefficient (Wildman–Crippen LogP) is 2.98. The minimum atomic E-state index is -0.678. The third kappa shape index (κ3) is 2.96. The van der Waals surface area contributed by atoms with Gasteiger partial charge in [0.1, 0.15) is 0 Å². The van der Waals surface area contributed by atoms with Gasteiger partial charge in [0, 0.05) is 11.6 Å². The number of carbonyl (C=O) groups excluding carboxylic acids is 2. The van der Waals surface area contributed by atoms with E-state index in [9.17, 15) is 9.59 Å². The first-order valence-corrected chi connectivity index (χ1v) is 8.26. The van der Waals surface area contributed by atoms with E-state index in [0.29, 0.717) is 11.2 Å². The molecule has 2 amide bonds. The lowest BCUT2D eigenvalue weighted by Gasteiger charge is -2.14. The van der Waals surface area contributed by atoms with E-state index in [1.165, 1.54) is 5.56 Å². The van der Waals surface area contributed by atoms with Crippen LogP contribution in [0.2, 0.25) is 0 Å². The maximum absolute atomic E-state index is 12.3. The van der Waals surface area contributed by atoms with Crippen LogP contribution in [0.15, 0.2) is 60.8 Å². The van der Waals surface area contributed by atoms with Crippen molar-refractivity contribution in [2.45, 2.75) is 18.9 Å². The van der Waals surface area contributed by atoms with E-state index < -0.39 is 11.8 Å². The fraction of sp³-hybridized carbons (Fsp3) is 0.150. The Hall–Kier alpha value is -3.21. The SMILES string of the molecule is O=C(Nc1cccc2cccnc12)C(=O)NC1CCc2ccccc21. The van der Waals surface area contributed by atoms with Gasteiger partial charge in [-0.25, -0.2) is 0 Å². The van der Waals surface area contributed by atoms with Crippen LogP contribution in [0.3, 0.4) is 0 Å². The summed E-state index contributed by atoms with van der Waals surface area (Å²) in [5.41, 5.74) is 3.52. The predicted molar refractivity (Wildman–Crippen MR) is 96.0 cm³/mol. The van der Waals surface area contributed by atoms with Crippen LogP contribution in [0, 0.1) is 0 Å². The molecular weight excluding hydrogens is 314 g/mol. The van der Waals surface area contributed by atoms with Gasteiger partial charge in [0.2, 0.25) is 0 Å². The molecule has 0 spiro atoms. The number of benzene rings is 2. The summed E-state index contributed by atoms with van der Waals surface area (Å²) in [5, 5.41) is 6.41. The summed E-state index contributed by atoms with van der Waals surface area (Å²) in [7, 11) is 0. The minimum absolute atomic E-state index is 0.111. The Morgan fingerprint density at radius 2 is 1.80 bits per heavy atom. The van der Waals surface area contributed by atoms with Crippen LogP contribution in [0.4, 0.5) is 5.69 Å². The number of hydrogen-bond donors (Lipinski definition) is 2. The molecular formula is C20H17N3O2. The van der Waals surface area contributed by atoms with Gasteiger partial charge in [0.15, 0.2) is 0 Å². The molecule has 0 aliphatic heterocycles. The number of anilines is 1. The van der Waals surface area contributed by atoms with Crippen molar-refractivity contribution in [1.29, 1.82) is 0 Å². The molecule has 2 N–H and O–H groups in total. The van der Waals surface area contributed by atoms with Gasteiger partial charge in [0.25, 0.3) is 0 Å². The number of pyridine rings is 1. The average molecular weight is 331 g/mol. The molecule has 1 atom stereocenters. The Morgan fingerprint density at radius 1 is 0.960 bits per heavy atom. The van der Waals surface area contributed by atoms with E-state index in [1.54, 1.807) is 12.3 Å². The molecule has 25 heavy (non-hydrogen) atoms. The second kappa shape index (κ2) is 6.36. The van der Waals surface area contributed by atoms with E-state index in [0.717, 1.165) is 23.8 Å². The molecule has 124 valence electrons. The highest BCUT2D eigenvalue weighted by atomic mass is 16.2. The molecule has 4 rings (SSSR count). The van der Waals surface area contributed by atoms with Crippen LogP contribution in [-0.2, 0) is 16.0 Å². The number of rotatable bonds is 2. The molecule has 1 unspecified atom stereocenters. The van der Waals surface area contributed by atoms with Crippen molar-refractivity contribution < 1.29 is 9.59 Å². The number of aromatic nitrogens is 1. The van der Waals surface area contributed by atoms with Crippen molar-refractivity contribution in [3.8, 4) is 0 Å². The minimum Gasteiger partial charge on any atom is -0.341 e. The van der Waals surface area contributed by atoms with Crippen LogP contribution in [0.1, 0.15) is 23.6 Å². The Labute approximate surface area is 145 Å². The first kappa shape index (κ1) is 15.3. The summed E-state index contributed by atoms with van der Waals surface area (Å²) in [6.45, 7) is 0. The summed E-state index contributed by atoms with van der Waals surface area (Å²) in [6, 6.07) is 17.1. The lowest BCUT2D eigenvalue weighted by atomic mass is 10.1. The summed E-state index contributed by atoms with van der Waals surface area (Å²) in [6.07, 6.45) is 3.39. The van der Waals surface area contributed by atoms with Crippen molar-refractivity contribution in [2.24, 2.45) is 0 Å². The Bertz CT molecular complexity index is 963. The van der Waals surface area contributed by atoms with Crippen molar-refractivity contribution in [3.05, 3.63) is 71.9 Å².